The van der Waals surface area contributed by atoms with Crippen LogP contribution in [-0.4, -0.2) is 41.5 Å². The first-order chi connectivity index (χ1) is 6.61. The van der Waals surface area contributed by atoms with Crippen LogP contribution in [0.5, 0.6) is 0 Å². The molecule has 14 heavy (non-hydrogen) atoms. The lowest BCUT2D eigenvalue weighted by Gasteiger charge is -2.20. The molecule has 0 spiro atoms. The highest BCUT2D eigenvalue weighted by Gasteiger charge is 2.22. The number of nitrogens with one attached hydrogen (secondary N) is 1. The van der Waals surface area contributed by atoms with Crippen molar-refractivity contribution in [3.05, 3.63) is 0 Å². The first-order valence-electron chi connectivity index (χ1n) is 5.24. The molecule has 0 aromatic heterocycles. The molecule has 1 fully saturated rings. The van der Waals surface area contributed by atoms with Crippen molar-refractivity contribution >= 4 is 10.8 Å². The maximum absolute atomic E-state index is 11.1. The van der Waals surface area contributed by atoms with Crippen molar-refractivity contribution in [2.75, 3.05) is 26.0 Å². The zero-order valence-corrected chi connectivity index (χ0v) is 10.1. The lowest BCUT2D eigenvalue weighted by molar-refractivity contribution is 0.178. The monoisotopic (exact) mass is 219 g/mol. The van der Waals surface area contributed by atoms with Gasteiger partial charge in [-0.25, -0.2) is 0 Å². The van der Waals surface area contributed by atoms with E-state index in [1.54, 1.807) is 6.26 Å². The van der Waals surface area contributed by atoms with Crippen molar-refractivity contribution in [2.45, 2.75) is 31.6 Å². The average molecular weight is 219 g/mol. The zero-order valence-electron chi connectivity index (χ0n) is 9.29. The quantitative estimate of drug-likeness (QED) is 0.742. The Hall–Kier alpha value is 0.0700. The lowest BCUT2D eigenvalue weighted by atomic mass is 10.0. The molecule has 0 saturated carbocycles. The summed E-state index contributed by atoms with van der Waals surface area (Å²) >= 11 is 0. The van der Waals surface area contributed by atoms with E-state index in [1.807, 2.05) is 6.92 Å². The Labute approximate surface area is 89.1 Å². The van der Waals surface area contributed by atoms with E-state index in [0.717, 1.165) is 26.2 Å². The van der Waals surface area contributed by atoms with Crippen molar-refractivity contribution in [3.8, 4) is 0 Å². The fourth-order valence-corrected chi connectivity index (χ4v) is 1.91. The van der Waals surface area contributed by atoms with Gasteiger partial charge in [-0.2, -0.15) is 0 Å². The smallest absolute Gasteiger partial charge is 0.0509 e. The largest absolute Gasteiger partial charge is 0.381 e. The van der Waals surface area contributed by atoms with E-state index in [4.69, 9.17) is 4.74 Å². The van der Waals surface area contributed by atoms with Crippen LogP contribution >= 0.6 is 0 Å². The summed E-state index contributed by atoms with van der Waals surface area (Å²) in [5, 5.41) is 3.67. The van der Waals surface area contributed by atoms with Gasteiger partial charge in [0, 0.05) is 41.5 Å². The highest BCUT2D eigenvalue weighted by atomic mass is 32.2. The molecule has 0 aromatic rings. The number of ether oxygens (including phenoxy) is 1. The Morgan fingerprint density at radius 2 is 2.29 bits per heavy atom. The second kappa shape index (κ2) is 5.83. The number of rotatable bonds is 5. The molecule has 0 bridgehead atoms. The first-order valence-corrected chi connectivity index (χ1v) is 6.86. The second-order valence-corrected chi connectivity index (χ2v) is 5.93. The fraction of sp³-hybridized carbons (Fsp3) is 1.00. The van der Waals surface area contributed by atoms with E-state index >= 15 is 0 Å². The summed E-state index contributed by atoms with van der Waals surface area (Å²) in [5.74, 6) is 0.632. The normalized spacial score (nSPS) is 28.6. The molecular formula is C10H21NO2S. The topological polar surface area (TPSA) is 38.3 Å². The van der Waals surface area contributed by atoms with Gasteiger partial charge in [-0.05, 0) is 26.2 Å². The summed E-state index contributed by atoms with van der Waals surface area (Å²) in [7, 11) is -0.722. The van der Waals surface area contributed by atoms with Crippen LogP contribution in [0.1, 0.15) is 20.3 Å². The molecule has 1 rings (SSSR count). The van der Waals surface area contributed by atoms with Crippen LogP contribution in [-0.2, 0) is 15.5 Å². The van der Waals surface area contributed by atoms with Crippen LogP contribution in [0.4, 0.5) is 0 Å². The average Bonchev–Trinajstić information content (AvgIpc) is 2.66. The molecule has 4 unspecified atom stereocenters. The Balaban J connectivity index is 2.19. The Kier molecular flexibility index (Phi) is 5.06. The van der Waals surface area contributed by atoms with Gasteiger partial charge in [0.05, 0.1) is 6.61 Å². The molecule has 3 nitrogen and oxygen atoms in total. The maximum atomic E-state index is 11.1. The van der Waals surface area contributed by atoms with E-state index < -0.39 is 10.8 Å². The van der Waals surface area contributed by atoms with Crippen molar-refractivity contribution in [1.29, 1.82) is 0 Å². The number of hydrogen-bond donors (Lipinski definition) is 1. The molecule has 4 heteroatoms. The lowest BCUT2D eigenvalue weighted by Crippen LogP contribution is -2.39. The maximum Gasteiger partial charge on any atom is 0.0509 e. The molecule has 84 valence electrons. The van der Waals surface area contributed by atoms with Crippen LogP contribution in [0, 0.1) is 5.92 Å². The molecule has 1 aliphatic rings. The summed E-state index contributed by atoms with van der Waals surface area (Å²) in [6.45, 7) is 6.80. The molecule has 1 saturated heterocycles. The van der Waals surface area contributed by atoms with Crippen LogP contribution < -0.4 is 5.32 Å². The van der Waals surface area contributed by atoms with Crippen molar-refractivity contribution in [1.82, 2.24) is 5.32 Å². The predicted molar refractivity (Wildman–Crippen MR) is 59.9 cm³/mol. The standard InChI is InChI=1S/C10H21NO2S/c1-8(14(3)12)6-11-9(2)10-4-5-13-7-10/h8-11H,4-7H2,1-3H3. The van der Waals surface area contributed by atoms with E-state index in [2.05, 4.69) is 12.2 Å². The zero-order chi connectivity index (χ0) is 10.6. The molecule has 0 aliphatic carbocycles. The van der Waals surface area contributed by atoms with Gasteiger partial charge in [-0.1, -0.05) is 0 Å². The molecule has 0 radical (unpaired) electrons. The minimum Gasteiger partial charge on any atom is -0.381 e. The second-order valence-electron chi connectivity index (χ2n) is 4.13. The summed E-state index contributed by atoms with van der Waals surface area (Å²) in [5.41, 5.74) is 0. The van der Waals surface area contributed by atoms with E-state index in [-0.39, 0.29) is 5.25 Å². The molecule has 1 aliphatic heterocycles. The fourth-order valence-electron chi connectivity index (χ4n) is 1.58. The third-order valence-electron chi connectivity index (χ3n) is 2.97. The van der Waals surface area contributed by atoms with Gasteiger partial charge in [0.15, 0.2) is 0 Å². The molecule has 4 atom stereocenters. The van der Waals surface area contributed by atoms with Crippen molar-refractivity contribution in [3.63, 3.8) is 0 Å². The Morgan fingerprint density at radius 1 is 1.57 bits per heavy atom. The third kappa shape index (κ3) is 3.67. The SMILES string of the molecule is CC(NCC(C)S(C)=O)C1CCOC1. The van der Waals surface area contributed by atoms with Crippen molar-refractivity contribution in [2.24, 2.45) is 5.92 Å². The summed E-state index contributed by atoms with van der Waals surface area (Å²) in [6, 6.07) is 0.475. The van der Waals surface area contributed by atoms with Crippen molar-refractivity contribution < 1.29 is 8.95 Å². The summed E-state index contributed by atoms with van der Waals surface area (Å²) < 4.78 is 16.5. The molecular weight excluding hydrogens is 198 g/mol. The van der Waals surface area contributed by atoms with Gasteiger partial charge in [-0.15, -0.1) is 0 Å². The van der Waals surface area contributed by atoms with Gasteiger partial charge in [0.1, 0.15) is 0 Å². The van der Waals surface area contributed by atoms with Gasteiger partial charge in [-0.3, -0.25) is 4.21 Å². The predicted octanol–water partition coefficient (Wildman–Crippen LogP) is 0.768. The van der Waals surface area contributed by atoms with E-state index in [9.17, 15) is 4.21 Å². The molecule has 1 N–H and O–H groups in total. The highest BCUT2D eigenvalue weighted by molar-refractivity contribution is 7.84. The molecule has 1 heterocycles. The van der Waals surface area contributed by atoms with Gasteiger partial charge >= 0.3 is 0 Å². The first kappa shape index (κ1) is 12.1. The summed E-state index contributed by atoms with van der Waals surface area (Å²) in [4.78, 5) is 0. The highest BCUT2D eigenvalue weighted by Crippen LogP contribution is 2.16. The minimum absolute atomic E-state index is 0.236. The van der Waals surface area contributed by atoms with Crippen LogP contribution in [0.3, 0.4) is 0 Å². The molecule has 0 amide bonds. The third-order valence-corrected chi connectivity index (χ3v) is 4.27. The van der Waals surface area contributed by atoms with E-state index in [1.165, 1.54) is 0 Å². The van der Waals surface area contributed by atoms with Gasteiger partial charge < -0.3 is 10.1 Å². The van der Waals surface area contributed by atoms with Gasteiger partial charge in [0.2, 0.25) is 0 Å². The van der Waals surface area contributed by atoms with Crippen LogP contribution in [0.15, 0.2) is 0 Å². The number of hydrogen-bond acceptors (Lipinski definition) is 3. The summed E-state index contributed by atoms with van der Waals surface area (Å²) in [6.07, 6.45) is 2.91. The Morgan fingerprint density at radius 3 is 2.79 bits per heavy atom. The molecule has 0 aromatic carbocycles. The van der Waals surface area contributed by atoms with Crippen LogP contribution in [0.2, 0.25) is 0 Å². The van der Waals surface area contributed by atoms with E-state index in [0.29, 0.717) is 12.0 Å². The van der Waals surface area contributed by atoms with Gasteiger partial charge in [0.25, 0.3) is 0 Å². The minimum atomic E-state index is -0.722. The van der Waals surface area contributed by atoms with Crippen LogP contribution in [0.25, 0.3) is 0 Å². The Bertz CT molecular complexity index is 193.